The molecular formula is C16H17N3O3S. The Bertz CT molecular complexity index is 755. The first-order chi connectivity index (χ1) is 11.3. The second-order valence-corrected chi connectivity index (χ2v) is 6.58. The van der Waals surface area contributed by atoms with Gasteiger partial charge in [-0.05, 0) is 38.0 Å². The van der Waals surface area contributed by atoms with Crippen molar-refractivity contribution in [2.45, 2.75) is 37.4 Å². The first-order valence-corrected chi connectivity index (χ1v) is 8.73. The minimum atomic E-state index is 0.0481. The molecule has 2 aromatic rings. The van der Waals surface area contributed by atoms with Crippen LogP contribution >= 0.6 is 11.8 Å². The molecule has 1 aliphatic heterocycles. The third-order valence-electron chi connectivity index (χ3n) is 4.03. The van der Waals surface area contributed by atoms with Gasteiger partial charge in [0, 0.05) is 18.0 Å². The van der Waals surface area contributed by atoms with Crippen molar-refractivity contribution in [2.24, 2.45) is 0 Å². The fourth-order valence-corrected chi connectivity index (χ4v) is 3.53. The normalized spacial score (nSPS) is 15.9. The summed E-state index contributed by atoms with van der Waals surface area (Å²) in [5.74, 6) is 3.32. The van der Waals surface area contributed by atoms with E-state index in [2.05, 4.69) is 21.7 Å². The summed E-state index contributed by atoms with van der Waals surface area (Å²) in [5.41, 5.74) is 0.631. The van der Waals surface area contributed by atoms with Crippen LogP contribution in [0.15, 0.2) is 23.4 Å². The van der Waals surface area contributed by atoms with E-state index >= 15 is 0 Å². The highest BCUT2D eigenvalue weighted by molar-refractivity contribution is 7.99. The molecule has 23 heavy (non-hydrogen) atoms. The minimum Gasteiger partial charge on any atom is -0.454 e. The molecule has 0 N–H and O–H groups in total. The Morgan fingerprint density at radius 1 is 1.30 bits per heavy atom. The Morgan fingerprint density at radius 3 is 2.91 bits per heavy atom. The molecule has 120 valence electrons. The maximum Gasteiger partial charge on any atom is 0.231 e. The quantitative estimate of drug-likeness (QED) is 0.599. The fraction of sp³-hybridized carbons (Fsp3) is 0.438. The Morgan fingerprint density at radius 2 is 2.13 bits per heavy atom. The molecule has 4 rings (SSSR count). The van der Waals surface area contributed by atoms with E-state index in [0.717, 1.165) is 17.5 Å². The zero-order valence-electron chi connectivity index (χ0n) is 12.8. The van der Waals surface area contributed by atoms with Crippen molar-refractivity contribution < 1.29 is 14.3 Å². The number of carbonyl (C=O) groups is 1. The van der Waals surface area contributed by atoms with Gasteiger partial charge in [0.2, 0.25) is 6.79 Å². The number of hydrogen-bond acceptors (Lipinski definition) is 6. The molecule has 0 saturated heterocycles. The molecule has 0 spiro atoms. The molecule has 2 aliphatic rings. The van der Waals surface area contributed by atoms with Crippen LogP contribution in [0.2, 0.25) is 0 Å². The third-order valence-corrected chi connectivity index (χ3v) is 5.00. The Balaban J connectivity index is 1.45. The first-order valence-electron chi connectivity index (χ1n) is 7.75. The molecular weight excluding hydrogens is 314 g/mol. The van der Waals surface area contributed by atoms with E-state index < -0.39 is 0 Å². The highest BCUT2D eigenvalue weighted by Gasteiger charge is 2.30. The van der Waals surface area contributed by atoms with Crippen molar-refractivity contribution in [3.63, 3.8) is 0 Å². The summed E-state index contributed by atoms with van der Waals surface area (Å²) in [6, 6.07) is 5.29. The monoisotopic (exact) mass is 331 g/mol. The lowest BCUT2D eigenvalue weighted by molar-refractivity contribution is 0.102. The third kappa shape index (κ3) is 2.81. The lowest BCUT2D eigenvalue weighted by Gasteiger charge is -2.06. The molecule has 7 heteroatoms. The first kappa shape index (κ1) is 14.6. The summed E-state index contributed by atoms with van der Waals surface area (Å²) in [4.78, 5) is 12.4. The van der Waals surface area contributed by atoms with Crippen LogP contribution < -0.4 is 9.47 Å². The van der Waals surface area contributed by atoms with Crippen molar-refractivity contribution >= 4 is 17.5 Å². The van der Waals surface area contributed by atoms with E-state index in [4.69, 9.17) is 9.47 Å². The number of rotatable bonds is 6. The van der Waals surface area contributed by atoms with Crippen molar-refractivity contribution in [1.82, 2.24) is 14.8 Å². The largest absolute Gasteiger partial charge is 0.454 e. The van der Waals surface area contributed by atoms with Crippen molar-refractivity contribution in [3.8, 4) is 11.5 Å². The SMILES string of the molecule is CCn1c(SCC(=O)c2ccc3c(c2)OCO3)nnc1C1CC1. The number of fused-ring (bicyclic) bond motifs is 1. The number of Topliss-reactive ketones (excluding diaryl/α,β-unsaturated/α-hetero) is 1. The molecule has 0 amide bonds. The van der Waals surface area contributed by atoms with Crippen LogP contribution in [0.3, 0.4) is 0 Å². The average Bonchev–Trinajstić information content (AvgIpc) is 3.17. The lowest BCUT2D eigenvalue weighted by Crippen LogP contribution is -2.06. The smallest absolute Gasteiger partial charge is 0.231 e. The number of ether oxygens (including phenoxy) is 2. The van der Waals surface area contributed by atoms with Crippen LogP contribution in [-0.4, -0.2) is 33.1 Å². The maximum absolute atomic E-state index is 12.4. The molecule has 1 aromatic heterocycles. The molecule has 0 bridgehead atoms. The lowest BCUT2D eigenvalue weighted by atomic mass is 10.1. The van der Waals surface area contributed by atoms with Gasteiger partial charge >= 0.3 is 0 Å². The van der Waals surface area contributed by atoms with Gasteiger partial charge in [0.1, 0.15) is 5.82 Å². The number of ketones is 1. The molecule has 0 atom stereocenters. The van der Waals surface area contributed by atoms with Crippen molar-refractivity contribution in [1.29, 1.82) is 0 Å². The van der Waals surface area contributed by atoms with Crippen LogP contribution in [0.1, 0.15) is 41.9 Å². The highest BCUT2D eigenvalue weighted by atomic mass is 32.2. The Hall–Kier alpha value is -2.02. The summed E-state index contributed by atoms with van der Waals surface area (Å²) >= 11 is 1.44. The molecule has 1 fully saturated rings. The van der Waals surface area contributed by atoms with E-state index in [-0.39, 0.29) is 12.6 Å². The van der Waals surface area contributed by atoms with Crippen LogP contribution in [-0.2, 0) is 6.54 Å². The molecule has 1 aliphatic carbocycles. The second-order valence-electron chi connectivity index (χ2n) is 5.64. The predicted molar refractivity (Wildman–Crippen MR) is 85.3 cm³/mol. The minimum absolute atomic E-state index is 0.0481. The summed E-state index contributed by atoms with van der Waals surface area (Å²) in [6.45, 7) is 3.13. The van der Waals surface area contributed by atoms with Gasteiger partial charge < -0.3 is 14.0 Å². The van der Waals surface area contributed by atoms with Gasteiger partial charge in [-0.3, -0.25) is 4.79 Å². The molecule has 0 unspecified atom stereocenters. The Kier molecular flexibility index (Phi) is 3.72. The summed E-state index contributed by atoms with van der Waals surface area (Å²) in [7, 11) is 0. The van der Waals surface area contributed by atoms with E-state index in [1.807, 2.05) is 0 Å². The van der Waals surface area contributed by atoms with Crippen molar-refractivity contribution in [2.75, 3.05) is 12.5 Å². The zero-order chi connectivity index (χ0) is 15.8. The van der Waals surface area contributed by atoms with E-state index in [1.54, 1.807) is 18.2 Å². The van der Waals surface area contributed by atoms with Gasteiger partial charge in [-0.1, -0.05) is 11.8 Å². The van der Waals surface area contributed by atoms with Gasteiger partial charge in [-0.15, -0.1) is 10.2 Å². The van der Waals surface area contributed by atoms with Crippen LogP contribution in [0, 0.1) is 0 Å². The van der Waals surface area contributed by atoms with Gasteiger partial charge in [-0.25, -0.2) is 0 Å². The van der Waals surface area contributed by atoms with Gasteiger partial charge in [0.05, 0.1) is 5.75 Å². The maximum atomic E-state index is 12.4. The topological polar surface area (TPSA) is 66.2 Å². The van der Waals surface area contributed by atoms with Crippen LogP contribution in [0.25, 0.3) is 0 Å². The number of hydrogen-bond donors (Lipinski definition) is 0. The van der Waals surface area contributed by atoms with Crippen molar-refractivity contribution in [3.05, 3.63) is 29.6 Å². The molecule has 2 heterocycles. The van der Waals surface area contributed by atoms with E-state index in [9.17, 15) is 4.79 Å². The predicted octanol–water partition coefficient (Wildman–Crippen LogP) is 2.88. The van der Waals surface area contributed by atoms with Crippen LogP contribution in [0.4, 0.5) is 0 Å². The van der Waals surface area contributed by atoms with Gasteiger partial charge in [0.25, 0.3) is 0 Å². The highest BCUT2D eigenvalue weighted by Crippen LogP contribution is 2.40. The number of thioether (sulfide) groups is 1. The standard InChI is InChI=1S/C16H17N3O3S/c1-2-19-15(10-3-4-10)17-18-16(19)23-8-12(20)11-5-6-13-14(7-11)22-9-21-13/h5-7,10H,2-4,8-9H2,1H3. The second kappa shape index (κ2) is 5.88. The number of carbonyl (C=O) groups excluding carboxylic acids is 1. The number of aromatic nitrogens is 3. The molecule has 0 radical (unpaired) electrons. The van der Waals surface area contributed by atoms with Gasteiger partial charge in [0.15, 0.2) is 22.4 Å². The Labute approximate surface area is 138 Å². The van der Waals surface area contributed by atoms with E-state index in [1.165, 1.54) is 24.6 Å². The van der Waals surface area contributed by atoms with Crippen LogP contribution in [0.5, 0.6) is 11.5 Å². The van der Waals surface area contributed by atoms with Gasteiger partial charge in [-0.2, -0.15) is 0 Å². The average molecular weight is 331 g/mol. The fourth-order valence-electron chi connectivity index (χ4n) is 2.63. The molecule has 6 nitrogen and oxygen atoms in total. The molecule has 1 aromatic carbocycles. The summed E-state index contributed by atoms with van der Waals surface area (Å²) in [6.07, 6.45) is 2.39. The van der Waals surface area contributed by atoms with E-state index in [0.29, 0.717) is 28.7 Å². The number of benzene rings is 1. The zero-order valence-corrected chi connectivity index (χ0v) is 13.6. The number of nitrogens with zero attached hydrogens (tertiary/aromatic N) is 3. The summed E-state index contributed by atoms with van der Waals surface area (Å²) in [5, 5.41) is 9.36. The molecule has 1 saturated carbocycles. The summed E-state index contributed by atoms with van der Waals surface area (Å²) < 4.78 is 12.7.